The molecule has 0 radical (unpaired) electrons. The summed E-state index contributed by atoms with van der Waals surface area (Å²) in [6.07, 6.45) is 8.21. The molecule has 0 bridgehead atoms. The molecule has 10 heteroatoms. The number of benzene rings is 3. The molecule has 2 fully saturated rings. The van der Waals surface area contributed by atoms with Crippen molar-refractivity contribution in [2.24, 2.45) is 5.92 Å². The first-order chi connectivity index (χ1) is 21.9. The van der Waals surface area contributed by atoms with Crippen LogP contribution in [0, 0.1) is 5.92 Å². The van der Waals surface area contributed by atoms with E-state index < -0.39 is 35.6 Å². The Labute approximate surface area is 265 Å². The number of nitrogens with one attached hydrogen (secondary N) is 2. The van der Waals surface area contributed by atoms with Gasteiger partial charge in [0.1, 0.15) is 23.7 Å². The third-order valence-electron chi connectivity index (χ3n) is 9.25. The number of fused-ring (bicyclic) bond motifs is 4. The van der Waals surface area contributed by atoms with Gasteiger partial charge < -0.3 is 25.4 Å². The molecule has 0 unspecified atom stereocenters. The van der Waals surface area contributed by atoms with Crippen molar-refractivity contribution in [1.82, 2.24) is 15.2 Å². The number of carbonyl (C=O) groups is 3. The number of para-hydroxylation sites is 1. The van der Waals surface area contributed by atoms with Crippen LogP contribution in [0.5, 0.6) is 5.19 Å². The summed E-state index contributed by atoms with van der Waals surface area (Å²) in [5.74, 6) is -1.98. The molecule has 3 heterocycles. The topological polar surface area (TPSA) is 121 Å². The Bertz CT molecular complexity index is 1760. The number of hydrogen-bond donors (Lipinski definition) is 3. The first-order valence-electron chi connectivity index (χ1n) is 15.7. The molecule has 4 aromatic rings. The van der Waals surface area contributed by atoms with Crippen molar-refractivity contribution in [3.8, 4) is 5.19 Å². The molecule has 2 amide bonds. The van der Waals surface area contributed by atoms with Crippen LogP contribution in [0.15, 0.2) is 78.9 Å². The highest BCUT2D eigenvalue weighted by atomic mass is 32.1. The van der Waals surface area contributed by atoms with Gasteiger partial charge >= 0.3 is 5.97 Å². The molecule has 5 atom stereocenters. The van der Waals surface area contributed by atoms with Crippen LogP contribution in [0.1, 0.15) is 44.9 Å². The van der Waals surface area contributed by atoms with Gasteiger partial charge in [-0.05, 0) is 60.7 Å². The lowest BCUT2D eigenvalue weighted by Crippen LogP contribution is -2.55. The second-order valence-corrected chi connectivity index (χ2v) is 13.3. The highest BCUT2D eigenvalue weighted by Crippen LogP contribution is 2.45. The highest BCUT2D eigenvalue weighted by molar-refractivity contribution is 7.20. The van der Waals surface area contributed by atoms with Gasteiger partial charge in [-0.25, -0.2) is 9.78 Å². The van der Waals surface area contributed by atoms with E-state index in [1.807, 2.05) is 72.8 Å². The minimum absolute atomic E-state index is 0.191. The van der Waals surface area contributed by atoms with E-state index in [1.54, 1.807) is 4.90 Å². The van der Waals surface area contributed by atoms with Crippen molar-refractivity contribution in [1.29, 1.82) is 0 Å². The number of allylic oxidation sites excluding steroid dienone is 1. The first kappa shape index (κ1) is 29.3. The number of thiazole rings is 1. The molecule has 7 rings (SSSR count). The molecular weight excluding hydrogens is 588 g/mol. The lowest BCUT2D eigenvalue weighted by Gasteiger charge is -2.30. The van der Waals surface area contributed by atoms with Gasteiger partial charge in [0.2, 0.25) is 11.8 Å². The number of carbonyl (C=O) groups excluding carboxylic acids is 2. The Morgan fingerprint density at radius 1 is 1.04 bits per heavy atom. The van der Waals surface area contributed by atoms with Crippen LogP contribution in [0.3, 0.4) is 0 Å². The van der Waals surface area contributed by atoms with Crippen molar-refractivity contribution < 1.29 is 24.2 Å². The van der Waals surface area contributed by atoms with E-state index in [0.717, 1.165) is 52.4 Å². The third-order valence-corrected chi connectivity index (χ3v) is 10.2. The third kappa shape index (κ3) is 5.99. The minimum atomic E-state index is -1.35. The standard InChI is InChI=1S/C35H36N4O5S/c40-31-29-19-26(44-34-37-27-13-8-9-15-30(27)45-34)21-39(29)32(41)28(36-25-17-16-22-10-6-7-11-23(22)18-25)14-5-3-1-2-4-12-24-20-35(24,38-31)33(42)43/h4,6-13,15-18,24,26,28-29,36H,1-3,5,14,19-21H2,(H,38,40)(H,42,43)/b12-4-/t24-,26+,28-,29-,35+/m0/s1. The van der Waals surface area contributed by atoms with Crippen LogP contribution < -0.4 is 15.4 Å². The van der Waals surface area contributed by atoms with Gasteiger partial charge in [0.05, 0.1) is 16.8 Å². The number of aromatic nitrogens is 1. The molecule has 1 aliphatic carbocycles. The van der Waals surface area contributed by atoms with Gasteiger partial charge in [0.25, 0.3) is 5.19 Å². The van der Waals surface area contributed by atoms with Gasteiger partial charge in [-0.2, -0.15) is 0 Å². The molecule has 3 N–H and O–H groups in total. The molecule has 0 spiro atoms. The molecule has 1 saturated carbocycles. The summed E-state index contributed by atoms with van der Waals surface area (Å²) in [6.45, 7) is 0.201. The van der Waals surface area contributed by atoms with Crippen LogP contribution in [0.4, 0.5) is 5.69 Å². The number of amides is 2. The van der Waals surface area contributed by atoms with Crippen LogP contribution in [-0.4, -0.2) is 63.0 Å². The lowest BCUT2D eigenvalue weighted by atomic mass is 10.0. The number of nitrogens with zero attached hydrogens (tertiary/aromatic N) is 2. The van der Waals surface area contributed by atoms with Crippen molar-refractivity contribution in [2.75, 3.05) is 11.9 Å². The fourth-order valence-corrected chi connectivity index (χ4v) is 7.55. The monoisotopic (exact) mass is 624 g/mol. The number of carboxylic acids is 1. The van der Waals surface area contributed by atoms with Crippen LogP contribution in [-0.2, 0) is 14.4 Å². The van der Waals surface area contributed by atoms with Crippen molar-refractivity contribution in [3.05, 3.63) is 78.9 Å². The smallest absolute Gasteiger partial charge is 0.330 e. The molecule has 3 aliphatic rings. The van der Waals surface area contributed by atoms with Gasteiger partial charge in [-0.3, -0.25) is 9.59 Å². The number of hydrogen-bond acceptors (Lipinski definition) is 7. The Balaban J connectivity index is 1.18. The first-order valence-corrected chi connectivity index (χ1v) is 16.5. The summed E-state index contributed by atoms with van der Waals surface area (Å²) in [5.41, 5.74) is 0.313. The lowest BCUT2D eigenvalue weighted by molar-refractivity contribution is -0.145. The second kappa shape index (κ2) is 12.2. The summed E-state index contributed by atoms with van der Waals surface area (Å²) in [7, 11) is 0. The van der Waals surface area contributed by atoms with Gasteiger partial charge in [0, 0.05) is 18.0 Å². The summed E-state index contributed by atoms with van der Waals surface area (Å²) in [5, 5.41) is 19.1. The predicted molar refractivity (Wildman–Crippen MR) is 174 cm³/mol. The predicted octanol–water partition coefficient (Wildman–Crippen LogP) is 5.76. The van der Waals surface area contributed by atoms with Crippen molar-refractivity contribution in [3.63, 3.8) is 0 Å². The Morgan fingerprint density at radius 2 is 1.87 bits per heavy atom. The van der Waals surface area contributed by atoms with Gasteiger partial charge in [0.15, 0.2) is 0 Å². The molecule has 9 nitrogen and oxygen atoms in total. The van der Waals surface area contributed by atoms with Gasteiger partial charge in [-0.15, -0.1) is 0 Å². The number of carboxylic acid groups (broad SMARTS) is 1. The second-order valence-electron chi connectivity index (χ2n) is 12.3. The van der Waals surface area contributed by atoms with E-state index in [-0.39, 0.29) is 24.8 Å². The maximum Gasteiger partial charge on any atom is 0.330 e. The van der Waals surface area contributed by atoms with Crippen molar-refractivity contribution in [2.45, 2.75) is 68.7 Å². The zero-order chi connectivity index (χ0) is 31.0. The van der Waals surface area contributed by atoms with Crippen LogP contribution in [0.2, 0.25) is 0 Å². The van der Waals surface area contributed by atoms with Gasteiger partial charge in [-0.1, -0.05) is 78.8 Å². The summed E-state index contributed by atoms with van der Waals surface area (Å²) >= 11 is 1.42. The van der Waals surface area contributed by atoms with E-state index in [9.17, 15) is 19.5 Å². The van der Waals surface area contributed by atoms with E-state index in [1.165, 1.54) is 11.3 Å². The molecule has 1 aromatic heterocycles. The summed E-state index contributed by atoms with van der Waals surface area (Å²) in [6, 6.07) is 20.5. The quantitative estimate of drug-likeness (QED) is 0.242. The van der Waals surface area contributed by atoms with Crippen molar-refractivity contribution >= 4 is 55.8 Å². The Hall–Kier alpha value is -4.44. The number of rotatable bonds is 5. The summed E-state index contributed by atoms with van der Waals surface area (Å²) < 4.78 is 7.29. The normalized spacial score (nSPS) is 28.0. The molecule has 3 aromatic carbocycles. The Morgan fingerprint density at radius 3 is 2.71 bits per heavy atom. The Kier molecular flexibility index (Phi) is 7.91. The van der Waals surface area contributed by atoms with E-state index >= 15 is 0 Å². The average Bonchev–Trinajstić information content (AvgIpc) is 3.35. The summed E-state index contributed by atoms with van der Waals surface area (Å²) in [4.78, 5) is 46.9. The maximum atomic E-state index is 14.4. The molecule has 1 saturated heterocycles. The number of ether oxygens (including phenoxy) is 1. The number of aliphatic carboxylic acids is 1. The highest BCUT2D eigenvalue weighted by Gasteiger charge is 2.61. The maximum absolute atomic E-state index is 14.4. The van der Waals surface area contributed by atoms with E-state index in [2.05, 4.69) is 21.7 Å². The molecular formula is C35H36N4O5S. The molecule has 232 valence electrons. The zero-order valence-electron chi connectivity index (χ0n) is 24.9. The fourth-order valence-electron chi connectivity index (χ4n) is 6.67. The zero-order valence-corrected chi connectivity index (χ0v) is 25.7. The largest absolute Gasteiger partial charge is 0.479 e. The average molecular weight is 625 g/mol. The van der Waals surface area contributed by atoms with E-state index in [0.29, 0.717) is 18.0 Å². The SMILES string of the molecule is O=C1N[C@]2(C(=O)O)C[C@@H]2/C=C\CCCCC[C@H](Nc2ccc3ccccc3c2)C(=O)N2C[C@H](Oc3nc4ccccc4s3)C[C@@H]12. The molecule has 2 aliphatic heterocycles. The molecule has 45 heavy (non-hydrogen) atoms. The fraction of sp³-hybridized carbons (Fsp3) is 0.371. The number of anilines is 1. The van der Waals surface area contributed by atoms with Crippen LogP contribution in [0.25, 0.3) is 21.0 Å². The van der Waals surface area contributed by atoms with E-state index in [4.69, 9.17) is 4.74 Å². The minimum Gasteiger partial charge on any atom is -0.479 e. The van der Waals surface area contributed by atoms with Crippen LogP contribution >= 0.6 is 11.3 Å².